The highest BCUT2D eigenvalue weighted by Gasteiger charge is 2.32. The van der Waals surface area contributed by atoms with E-state index in [1.165, 1.54) is 12.1 Å². The molecule has 1 radical (unpaired) electrons. The molecule has 0 unspecified atom stereocenters. The Kier molecular flexibility index (Phi) is 2.98. The molecule has 1 N–H and O–H groups in total. The van der Waals surface area contributed by atoms with E-state index in [2.05, 4.69) is 15.9 Å². The smallest absolute Gasteiger partial charge is 0.385 e. The van der Waals surface area contributed by atoms with Crippen molar-refractivity contribution in [1.82, 2.24) is 0 Å². The van der Waals surface area contributed by atoms with Crippen LogP contribution in [-0.4, -0.2) is 5.11 Å². The summed E-state index contributed by atoms with van der Waals surface area (Å²) >= 11 is 2.78. The molecular formula is C8H5BrF3O. The van der Waals surface area contributed by atoms with Crippen molar-refractivity contribution in [2.75, 3.05) is 0 Å². The Morgan fingerprint density at radius 1 is 1.31 bits per heavy atom. The van der Waals surface area contributed by atoms with E-state index in [0.717, 1.165) is 6.07 Å². The van der Waals surface area contributed by atoms with Gasteiger partial charge in [-0.05, 0) is 17.7 Å². The van der Waals surface area contributed by atoms with Crippen molar-refractivity contribution in [3.8, 4) is 0 Å². The number of halogens is 4. The van der Waals surface area contributed by atoms with E-state index < -0.39 is 11.7 Å². The Balaban J connectivity index is 3.19. The molecule has 0 aliphatic rings. The number of hydrogen-bond acceptors (Lipinski definition) is 1. The zero-order chi connectivity index (χ0) is 10.1. The molecule has 0 saturated carbocycles. The second kappa shape index (κ2) is 3.67. The van der Waals surface area contributed by atoms with Crippen LogP contribution >= 0.6 is 15.9 Å². The zero-order valence-corrected chi connectivity index (χ0v) is 7.85. The van der Waals surface area contributed by atoms with Gasteiger partial charge >= 0.3 is 6.18 Å². The third-order valence-corrected chi connectivity index (χ3v) is 2.14. The maximum absolute atomic E-state index is 12.2. The maximum atomic E-state index is 12.2. The van der Waals surface area contributed by atoms with Crippen molar-refractivity contribution in [2.24, 2.45) is 0 Å². The number of benzene rings is 1. The van der Waals surface area contributed by atoms with Crippen LogP contribution in [0.15, 0.2) is 22.7 Å². The van der Waals surface area contributed by atoms with Gasteiger partial charge in [0.1, 0.15) is 6.61 Å². The van der Waals surface area contributed by atoms with Gasteiger partial charge in [0.25, 0.3) is 0 Å². The largest absolute Gasteiger partial charge is 0.417 e. The first kappa shape index (κ1) is 10.5. The number of aliphatic hydroxyl groups is 1. The van der Waals surface area contributed by atoms with Gasteiger partial charge < -0.3 is 5.11 Å². The van der Waals surface area contributed by atoms with Gasteiger partial charge in [-0.25, -0.2) is 0 Å². The number of alkyl halides is 3. The summed E-state index contributed by atoms with van der Waals surface area (Å²) in [6.45, 7) is 0.627. The lowest BCUT2D eigenvalue weighted by atomic mass is 10.1. The molecule has 0 aliphatic carbocycles. The molecular weight excluding hydrogens is 249 g/mol. The molecule has 0 aromatic heterocycles. The molecule has 71 valence electrons. The summed E-state index contributed by atoms with van der Waals surface area (Å²) in [5.41, 5.74) is -0.675. The van der Waals surface area contributed by atoms with Gasteiger partial charge in [0.2, 0.25) is 0 Å². The van der Waals surface area contributed by atoms with Crippen LogP contribution in [-0.2, 0) is 6.18 Å². The molecule has 1 aromatic carbocycles. The first-order valence-corrected chi connectivity index (χ1v) is 4.08. The molecule has 1 nitrogen and oxygen atoms in total. The topological polar surface area (TPSA) is 20.2 Å². The second-order valence-electron chi connectivity index (χ2n) is 2.37. The molecule has 0 saturated heterocycles. The molecule has 13 heavy (non-hydrogen) atoms. The third-order valence-electron chi connectivity index (χ3n) is 1.44. The highest BCUT2D eigenvalue weighted by Crippen LogP contribution is 2.35. The minimum Gasteiger partial charge on any atom is -0.385 e. The molecule has 0 spiro atoms. The summed E-state index contributed by atoms with van der Waals surface area (Å²) in [5.74, 6) is 0. The molecule has 0 fully saturated rings. The number of hydrogen-bond donors (Lipinski definition) is 1. The van der Waals surface area contributed by atoms with Gasteiger partial charge in [-0.15, -0.1) is 0 Å². The highest BCUT2D eigenvalue weighted by atomic mass is 79.9. The lowest BCUT2D eigenvalue weighted by Gasteiger charge is -2.09. The molecule has 1 rings (SSSR count). The third kappa shape index (κ3) is 2.45. The fourth-order valence-corrected chi connectivity index (χ4v) is 1.31. The summed E-state index contributed by atoms with van der Waals surface area (Å²) in [4.78, 5) is 0. The van der Waals surface area contributed by atoms with Gasteiger partial charge in [0.05, 0.1) is 5.56 Å². The molecule has 1 aromatic rings. The minimum absolute atomic E-state index is 0.0365. The van der Waals surface area contributed by atoms with Crippen LogP contribution in [0.25, 0.3) is 0 Å². The van der Waals surface area contributed by atoms with Crippen LogP contribution in [0.4, 0.5) is 13.2 Å². The monoisotopic (exact) mass is 253 g/mol. The molecule has 0 amide bonds. The average Bonchev–Trinajstić information content (AvgIpc) is 2.03. The SMILES string of the molecule is O[CH]c1ccc(Br)c(C(F)(F)F)c1. The normalized spacial score (nSPS) is 11.8. The second-order valence-corrected chi connectivity index (χ2v) is 3.22. The van der Waals surface area contributed by atoms with E-state index in [-0.39, 0.29) is 10.0 Å². The lowest BCUT2D eigenvalue weighted by Crippen LogP contribution is -2.06. The van der Waals surface area contributed by atoms with Crippen LogP contribution in [0.1, 0.15) is 11.1 Å². The maximum Gasteiger partial charge on any atom is 0.417 e. The Morgan fingerprint density at radius 3 is 2.38 bits per heavy atom. The highest BCUT2D eigenvalue weighted by molar-refractivity contribution is 9.10. The first-order valence-electron chi connectivity index (χ1n) is 3.29. The number of aliphatic hydroxyl groups excluding tert-OH is 1. The quantitative estimate of drug-likeness (QED) is 0.814. The van der Waals surface area contributed by atoms with E-state index in [1.54, 1.807) is 0 Å². The van der Waals surface area contributed by atoms with Crippen molar-refractivity contribution in [2.45, 2.75) is 6.18 Å². The van der Waals surface area contributed by atoms with E-state index in [4.69, 9.17) is 5.11 Å². The summed E-state index contributed by atoms with van der Waals surface area (Å²) in [7, 11) is 0. The van der Waals surface area contributed by atoms with Crippen LogP contribution in [0.5, 0.6) is 0 Å². The van der Waals surface area contributed by atoms with Crippen molar-refractivity contribution in [1.29, 1.82) is 0 Å². The first-order chi connectivity index (χ1) is 5.95. The van der Waals surface area contributed by atoms with Crippen molar-refractivity contribution in [3.63, 3.8) is 0 Å². The zero-order valence-electron chi connectivity index (χ0n) is 6.27. The fourth-order valence-electron chi connectivity index (χ4n) is 0.840. The van der Waals surface area contributed by atoms with Gasteiger partial charge in [-0.2, -0.15) is 13.2 Å². The van der Waals surface area contributed by atoms with Crippen molar-refractivity contribution < 1.29 is 18.3 Å². The predicted octanol–water partition coefficient (Wildman–Crippen LogP) is 3.35. The predicted molar refractivity (Wildman–Crippen MR) is 44.5 cm³/mol. The van der Waals surface area contributed by atoms with Gasteiger partial charge in [-0.1, -0.05) is 22.0 Å². The molecule has 0 atom stereocenters. The Bertz CT molecular complexity index is 309. The van der Waals surface area contributed by atoms with E-state index in [1.807, 2.05) is 0 Å². The summed E-state index contributed by atoms with van der Waals surface area (Å²) in [6.07, 6.45) is -4.40. The standard InChI is InChI=1S/C8H5BrF3O/c9-7-2-1-5(4-13)3-6(7)8(10,11)12/h1-4,13H. The van der Waals surface area contributed by atoms with Crippen LogP contribution < -0.4 is 0 Å². The molecule has 0 aliphatic heterocycles. The van der Waals surface area contributed by atoms with E-state index >= 15 is 0 Å². The van der Waals surface area contributed by atoms with Crippen LogP contribution in [0.2, 0.25) is 0 Å². The van der Waals surface area contributed by atoms with Crippen molar-refractivity contribution >= 4 is 15.9 Å². The Labute approximate surface area is 81.3 Å². The van der Waals surface area contributed by atoms with Crippen LogP contribution in [0, 0.1) is 6.61 Å². The van der Waals surface area contributed by atoms with Gasteiger partial charge in [0.15, 0.2) is 0 Å². The Hall–Kier alpha value is -0.550. The lowest BCUT2D eigenvalue weighted by molar-refractivity contribution is -0.138. The van der Waals surface area contributed by atoms with Crippen LogP contribution in [0.3, 0.4) is 0 Å². The van der Waals surface area contributed by atoms with Gasteiger partial charge in [0, 0.05) is 4.47 Å². The Morgan fingerprint density at radius 2 is 1.92 bits per heavy atom. The molecule has 5 heteroatoms. The minimum atomic E-state index is -4.40. The van der Waals surface area contributed by atoms with E-state index in [0.29, 0.717) is 6.61 Å². The molecule has 0 bridgehead atoms. The number of rotatable bonds is 1. The fraction of sp³-hybridized carbons (Fsp3) is 0.125. The summed E-state index contributed by atoms with van der Waals surface area (Å²) in [6, 6.07) is 3.48. The summed E-state index contributed by atoms with van der Waals surface area (Å²) < 4.78 is 36.7. The van der Waals surface area contributed by atoms with Gasteiger partial charge in [-0.3, -0.25) is 0 Å². The van der Waals surface area contributed by atoms with E-state index in [9.17, 15) is 13.2 Å². The average molecular weight is 254 g/mol. The van der Waals surface area contributed by atoms with Crippen molar-refractivity contribution in [3.05, 3.63) is 40.4 Å². The molecule has 0 heterocycles. The summed E-state index contributed by atoms with van der Waals surface area (Å²) in [5, 5.41) is 8.51.